The van der Waals surface area contributed by atoms with Gasteiger partial charge in [0, 0.05) is 19.0 Å². The summed E-state index contributed by atoms with van der Waals surface area (Å²) in [7, 11) is -4.01. The Bertz CT molecular complexity index is 910. The monoisotopic (exact) mass is 438 g/mol. The Kier molecular flexibility index (Phi) is 6.84. The Morgan fingerprint density at radius 3 is 2.50 bits per heavy atom. The molecule has 0 aromatic heterocycles. The number of aliphatic hydroxyl groups is 1. The van der Waals surface area contributed by atoms with Crippen molar-refractivity contribution in [3.63, 3.8) is 0 Å². The number of aryl methyl sites for hydroxylation is 2. The summed E-state index contributed by atoms with van der Waals surface area (Å²) in [6, 6.07) is 3.66. The first kappa shape index (κ1) is 22.7. The number of β-amino-alcohol motifs (C(OH)–C–C–N with tert-alkyl or cyclic N) is 1. The zero-order valence-electron chi connectivity index (χ0n) is 17.6. The summed E-state index contributed by atoms with van der Waals surface area (Å²) >= 11 is 0. The van der Waals surface area contributed by atoms with Gasteiger partial charge in [-0.25, -0.2) is 8.42 Å². The normalized spacial score (nSPS) is 24.0. The Labute approximate surface area is 177 Å². The highest BCUT2D eigenvalue weighted by atomic mass is 32.2. The highest BCUT2D eigenvalue weighted by Crippen LogP contribution is 2.28. The lowest BCUT2D eigenvalue weighted by Crippen LogP contribution is -2.45. The molecule has 1 aliphatic heterocycles. The summed E-state index contributed by atoms with van der Waals surface area (Å²) in [5.41, 5.74) is 1.76. The standard InChI is InChI=1S/C21H30N2O6S/c1-13-8-9-18(10-14(13)2)30(27,28)23-12-17(24)11-19(23)21(26)29-15(3)20(25)22-16-6-4-5-7-16/h8-10,15-17,19,24H,4-7,11-12H2,1-3H3,(H,22,25)/t15?,17?,19-/m0/s1. The molecule has 1 saturated heterocycles. The highest BCUT2D eigenvalue weighted by Gasteiger charge is 2.45. The fraction of sp³-hybridized carbons (Fsp3) is 0.619. The molecule has 2 unspecified atom stereocenters. The summed E-state index contributed by atoms with van der Waals surface area (Å²) in [4.78, 5) is 25.1. The molecule has 9 heteroatoms. The maximum absolute atomic E-state index is 13.1. The number of nitrogens with one attached hydrogen (secondary N) is 1. The van der Waals surface area contributed by atoms with E-state index >= 15 is 0 Å². The van der Waals surface area contributed by atoms with Crippen molar-refractivity contribution in [2.75, 3.05) is 6.54 Å². The number of esters is 1. The summed E-state index contributed by atoms with van der Waals surface area (Å²) in [5.74, 6) is -1.22. The van der Waals surface area contributed by atoms with E-state index in [-0.39, 0.29) is 23.9 Å². The van der Waals surface area contributed by atoms with Crippen LogP contribution in [-0.4, -0.2) is 60.5 Å². The van der Waals surface area contributed by atoms with Crippen LogP contribution in [0.2, 0.25) is 0 Å². The van der Waals surface area contributed by atoms with Gasteiger partial charge in [-0.05, 0) is 56.9 Å². The van der Waals surface area contributed by atoms with Crippen molar-refractivity contribution in [1.29, 1.82) is 0 Å². The van der Waals surface area contributed by atoms with Gasteiger partial charge in [0.2, 0.25) is 10.0 Å². The minimum absolute atomic E-state index is 0.0597. The van der Waals surface area contributed by atoms with Gasteiger partial charge in [0.05, 0.1) is 11.0 Å². The molecule has 166 valence electrons. The van der Waals surface area contributed by atoms with Crippen LogP contribution in [0.25, 0.3) is 0 Å². The number of hydrogen-bond acceptors (Lipinski definition) is 6. The molecule has 1 heterocycles. The molecule has 1 saturated carbocycles. The molecule has 1 aromatic rings. The zero-order chi connectivity index (χ0) is 22.1. The van der Waals surface area contributed by atoms with Gasteiger partial charge in [-0.3, -0.25) is 9.59 Å². The van der Waals surface area contributed by atoms with Crippen molar-refractivity contribution < 1.29 is 27.9 Å². The van der Waals surface area contributed by atoms with Crippen molar-refractivity contribution in [1.82, 2.24) is 9.62 Å². The lowest BCUT2D eigenvalue weighted by molar-refractivity contribution is -0.158. The second kappa shape index (κ2) is 9.03. The Morgan fingerprint density at radius 2 is 1.87 bits per heavy atom. The second-order valence-electron chi connectivity index (χ2n) is 8.30. The van der Waals surface area contributed by atoms with E-state index in [1.54, 1.807) is 12.1 Å². The minimum Gasteiger partial charge on any atom is -0.451 e. The van der Waals surface area contributed by atoms with Crippen molar-refractivity contribution in [2.24, 2.45) is 0 Å². The maximum atomic E-state index is 13.1. The van der Waals surface area contributed by atoms with Gasteiger partial charge >= 0.3 is 5.97 Å². The van der Waals surface area contributed by atoms with Crippen LogP contribution in [0.15, 0.2) is 23.1 Å². The van der Waals surface area contributed by atoms with Gasteiger partial charge in [0.25, 0.3) is 5.91 Å². The smallest absolute Gasteiger partial charge is 0.325 e. The molecule has 2 fully saturated rings. The molecule has 2 N–H and O–H groups in total. The van der Waals surface area contributed by atoms with Gasteiger partial charge in [-0.1, -0.05) is 18.9 Å². The average molecular weight is 439 g/mol. The van der Waals surface area contributed by atoms with Gasteiger partial charge in [0.15, 0.2) is 6.10 Å². The van der Waals surface area contributed by atoms with Gasteiger partial charge in [-0.2, -0.15) is 4.31 Å². The van der Waals surface area contributed by atoms with E-state index in [0.717, 1.165) is 41.1 Å². The first-order valence-corrected chi connectivity index (χ1v) is 11.8. The van der Waals surface area contributed by atoms with Crippen LogP contribution in [0.3, 0.4) is 0 Å². The SMILES string of the molecule is Cc1ccc(S(=O)(=O)N2CC(O)C[C@H]2C(=O)OC(C)C(=O)NC2CCCC2)cc1C. The second-order valence-corrected chi connectivity index (χ2v) is 10.2. The van der Waals surface area contributed by atoms with Crippen LogP contribution in [0.1, 0.15) is 50.2 Å². The number of nitrogens with zero attached hydrogens (tertiary/aromatic N) is 1. The van der Waals surface area contributed by atoms with E-state index in [4.69, 9.17) is 4.74 Å². The molecule has 0 radical (unpaired) electrons. The van der Waals surface area contributed by atoms with Crippen LogP contribution < -0.4 is 5.32 Å². The number of amides is 1. The molecule has 3 rings (SSSR count). The highest BCUT2D eigenvalue weighted by molar-refractivity contribution is 7.89. The Balaban J connectivity index is 1.72. The van der Waals surface area contributed by atoms with Crippen LogP contribution in [0.4, 0.5) is 0 Å². The van der Waals surface area contributed by atoms with Crippen LogP contribution in [0.5, 0.6) is 0 Å². The summed E-state index contributed by atoms with van der Waals surface area (Å²) in [6.45, 7) is 4.96. The first-order valence-electron chi connectivity index (χ1n) is 10.4. The van der Waals surface area contributed by atoms with Gasteiger partial charge in [0.1, 0.15) is 6.04 Å². The number of hydrogen-bond donors (Lipinski definition) is 2. The summed E-state index contributed by atoms with van der Waals surface area (Å²) < 4.78 is 32.5. The lowest BCUT2D eigenvalue weighted by Gasteiger charge is -2.24. The predicted molar refractivity (Wildman–Crippen MR) is 110 cm³/mol. The summed E-state index contributed by atoms with van der Waals surface area (Å²) in [5, 5.41) is 12.9. The molecule has 30 heavy (non-hydrogen) atoms. The number of carbonyl (C=O) groups excluding carboxylic acids is 2. The van der Waals surface area contributed by atoms with Crippen LogP contribution >= 0.6 is 0 Å². The Morgan fingerprint density at radius 1 is 1.20 bits per heavy atom. The average Bonchev–Trinajstić information content (AvgIpc) is 3.33. The lowest BCUT2D eigenvalue weighted by atomic mass is 10.1. The third kappa shape index (κ3) is 4.84. The first-order chi connectivity index (χ1) is 14.1. The van der Waals surface area contributed by atoms with E-state index in [9.17, 15) is 23.1 Å². The molecule has 1 aromatic carbocycles. The zero-order valence-corrected chi connectivity index (χ0v) is 18.4. The maximum Gasteiger partial charge on any atom is 0.325 e. The number of rotatable bonds is 6. The molecular formula is C21H30N2O6S. The van der Waals surface area contributed by atoms with E-state index in [1.165, 1.54) is 13.0 Å². The fourth-order valence-electron chi connectivity index (χ4n) is 3.97. The number of carbonyl (C=O) groups is 2. The van der Waals surface area contributed by atoms with Crippen molar-refractivity contribution in [3.05, 3.63) is 29.3 Å². The molecule has 0 bridgehead atoms. The molecular weight excluding hydrogens is 408 g/mol. The number of benzene rings is 1. The van der Waals surface area contributed by atoms with Gasteiger partial charge < -0.3 is 15.2 Å². The fourth-order valence-corrected chi connectivity index (χ4v) is 5.68. The van der Waals surface area contributed by atoms with Crippen LogP contribution in [-0.2, 0) is 24.3 Å². The van der Waals surface area contributed by atoms with Crippen molar-refractivity contribution >= 4 is 21.9 Å². The van der Waals surface area contributed by atoms with Crippen LogP contribution in [0, 0.1) is 13.8 Å². The molecule has 1 amide bonds. The molecule has 8 nitrogen and oxygen atoms in total. The molecule has 0 spiro atoms. The third-order valence-corrected chi connectivity index (χ3v) is 7.83. The molecule has 3 atom stereocenters. The topological polar surface area (TPSA) is 113 Å². The number of aliphatic hydroxyl groups excluding tert-OH is 1. The predicted octanol–water partition coefficient (Wildman–Crippen LogP) is 1.42. The van der Waals surface area contributed by atoms with E-state index < -0.39 is 40.1 Å². The van der Waals surface area contributed by atoms with E-state index in [1.807, 2.05) is 13.8 Å². The van der Waals surface area contributed by atoms with Crippen molar-refractivity contribution in [3.8, 4) is 0 Å². The van der Waals surface area contributed by atoms with Crippen molar-refractivity contribution in [2.45, 2.75) is 82.1 Å². The Hall–Kier alpha value is -1.97. The quantitative estimate of drug-likeness (QED) is 0.650. The third-order valence-electron chi connectivity index (χ3n) is 5.95. The van der Waals surface area contributed by atoms with Gasteiger partial charge in [-0.15, -0.1) is 0 Å². The number of sulfonamides is 1. The van der Waals surface area contributed by atoms with E-state index in [0.29, 0.717) is 0 Å². The van der Waals surface area contributed by atoms with E-state index in [2.05, 4.69) is 5.32 Å². The summed E-state index contributed by atoms with van der Waals surface area (Å²) in [6.07, 6.45) is 1.84. The minimum atomic E-state index is -4.01. The molecule has 1 aliphatic carbocycles. The molecule has 2 aliphatic rings. The number of ether oxygens (including phenoxy) is 1. The largest absolute Gasteiger partial charge is 0.451 e.